The third-order valence-corrected chi connectivity index (χ3v) is 6.00. The van der Waals surface area contributed by atoms with E-state index in [0.29, 0.717) is 51.8 Å². The van der Waals surface area contributed by atoms with Gasteiger partial charge in [0.05, 0.1) is 23.5 Å². The molecule has 0 atom stereocenters. The molecular formula is C28H25FN4O4. The Bertz CT molecular complexity index is 1450. The molecule has 0 spiro atoms. The Morgan fingerprint density at radius 2 is 1.68 bits per heavy atom. The number of hydrogen-bond donors (Lipinski definition) is 2. The van der Waals surface area contributed by atoms with E-state index in [9.17, 15) is 14.0 Å². The van der Waals surface area contributed by atoms with Crippen molar-refractivity contribution in [1.29, 1.82) is 0 Å². The first-order valence-electron chi connectivity index (χ1n) is 11.6. The van der Waals surface area contributed by atoms with Crippen molar-refractivity contribution in [1.82, 2.24) is 4.90 Å². The van der Waals surface area contributed by atoms with E-state index in [1.165, 1.54) is 24.7 Å². The van der Waals surface area contributed by atoms with Crippen LogP contribution in [-0.4, -0.2) is 44.4 Å². The van der Waals surface area contributed by atoms with E-state index in [0.717, 1.165) is 5.69 Å². The van der Waals surface area contributed by atoms with Gasteiger partial charge in [-0.15, -0.1) is 0 Å². The molecule has 2 aliphatic heterocycles. The molecule has 3 aromatic rings. The summed E-state index contributed by atoms with van der Waals surface area (Å²) < 4.78 is 24.9. The van der Waals surface area contributed by atoms with Gasteiger partial charge in [0.15, 0.2) is 11.5 Å². The molecule has 0 aromatic heterocycles. The van der Waals surface area contributed by atoms with Crippen molar-refractivity contribution in [3.8, 4) is 11.5 Å². The van der Waals surface area contributed by atoms with E-state index in [-0.39, 0.29) is 11.8 Å². The number of ether oxygens (including phenoxy) is 2. The van der Waals surface area contributed by atoms with Crippen LogP contribution in [-0.2, 0) is 9.59 Å². The first-order valence-corrected chi connectivity index (χ1v) is 11.6. The molecule has 0 unspecified atom stereocenters. The maximum atomic E-state index is 13.9. The van der Waals surface area contributed by atoms with Crippen LogP contribution in [0.4, 0.5) is 21.5 Å². The lowest BCUT2D eigenvalue weighted by Gasteiger charge is -2.21. The molecule has 2 amide bonds. The van der Waals surface area contributed by atoms with Gasteiger partial charge < -0.3 is 29.9 Å². The molecule has 2 N–H and O–H groups in total. The fraction of sp³-hybridized carbons (Fsp3) is 0.143. The molecule has 2 heterocycles. The van der Waals surface area contributed by atoms with E-state index in [1.807, 2.05) is 49.3 Å². The molecule has 9 heteroatoms. The van der Waals surface area contributed by atoms with Gasteiger partial charge in [-0.1, -0.05) is 0 Å². The molecule has 37 heavy (non-hydrogen) atoms. The second-order valence-electron chi connectivity index (χ2n) is 8.93. The van der Waals surface area contributed by atoms with Crippen LogP contribution in [0.2, 0.25) is 0 Å². The Hall–Kier alpha value is -4.63. The number of nitrogens with zero attached hydrogens (tertiary/aromatic N) is 2. The van der Waals surface area contributed by atoms with Crippen molar-refractivity contribution >= 4 is 40.1 Å². The summed E-state index contributed by atoms with van der Waals surface area (Å²) >= 11 is 0. The zero-order chi connectivity index (χ0) is 26.1. The van der Waals surface area contributed by atoms with Crippen LogP contribution in [0.3, 0.4) is 0 Å². The molecule has 0 saturated heterocycles. The molecule has 0 aliphatic carbocycles. The number of amides is 2. The molecule has 5 rings (SSSR count). The summed E-state index contributed by atoms with van der Waals surface area (Å²) in [5.41, 5.74) is 3.95. The summed E-state index contributed by atoms with van der Waals surface area (Å²) in [5.74, 6) is 0.205. The average molecular weight is 501 g/mol. The van der Waals surface area contributed by atoms with Crippen molar-refractivity contribution in [2.75, 3.05) is 43.2 Å². The normalized spacial score (nSPS) is 14.8. The summed E-state index contributed by atoms with van der Waals surface area (Å²) in [4.78, 5) is 28.9. The minimum atomic E-state index is -0.440. The van der Waals surface area contributed by atoms with Crippen LogP contribution >= 0.6 is 0 Å². The van der Waals surface area contributed by atoms with Crippen molar-refractivity contribution < 1.29 is 23.5 Å². The third kappa shape index (κ3) is 4.89. The van der Waals surface area contributed by atoms with Crippen molar-refractivity contribution in [2.45, 2.75) is 0 Å². The lowest BCUT2D eigenvalue weighted by Crippen LogP contribution is -2.34. The molecule has 0 bridgehead atoms. The summed E-state index contributed by atoms with van der Waals surface area (Å²) in [6, 6.07) is 16.8. The summed E-state index contributed by atoms with van der Waals surface area (Å²) in [7, 11) is 5.41. The van der Waals surface area contributed by atoms with Gasteiger partial charge in [-0.2, -0.15) is 0 Å². The Morgan fingerprint density at radius 1 is 0.946 bits per heavy atom. The molecular weight excluding hydrogens is 475 g/mol. The second kappa shape index (κ2) is 9.79. The molecule has 2 aliphatic rings. The van der Waals surface area contributed by atoms with Crippen molar-refractivity contribution in [3.63, 3.8) is 0 Å². The number of benzene rings is 3. The van der Waals surface area contributed by atoms with Crippen molar-refractivity contribution in [3.05, 3.63) is 90.1 Å². The number of nitrogens with one attached hydrogen (secondary N) is 2. The number of anilines is 3. The molecule has 8 nitrogen and oxygen atoms in total. The summed E-state index contributed by atoms with van der Waals surface area (Å²) in [5, 5.41) is 6.10. The number of halogens is 1. The minimum Gasteiger partial charge on any atom is -0.458 e. The summed E-state index contributed by atoms with van der Waals surface area (Å²) in [6.07, 6.45) is 2.87. The number of fused-ring (bicyclic) bond motifs is 2. The van der Waals surface area contributed by atoms with Gasteiger partial charge in [0.1, 0.15) is 18.3 Å². The van der Waals surface area contributed by atoms with Crippen molar-refractivity contribution in [2.24, 2.45) is 0 Å². The third-order valence-electron chi connectivity index (χ3n) is 6.00. The predicted octanol–water partition coefficient (Wildman–Crippen LogP) is 4.53. The number of carbonyl (C=O) groups excluding carboxylic acids is 2. The zero-order valence-corrected chi connectivity index (χ0v) is 20.5. The zero-order valence-electron chi connectivity index (χ0n) is 20.5. The van der Waals surface area contributed by atoms with Gasteiger partial charge in [0.25, 0.3) is 5.91 Å². The quantitative estimate of drug-likeness (QED) is 0.484. The van der Waals surface area contributed by atoms with Gasteiger partial charge in [-0.25, -0.2) is 4.39 Å². The molecule has 188 valence electrons. The Labute approximate surface area is 213 Å². The highest BCUT2D eigenvalue weighted by Gasteiger charge is 2.29. The van der Waals surface area contributed by atoms with E-state index < -0.39 is 5.82 Å². The Morgan fingerprint density at radius 3 is 2.41 bits per heavy atom. The SMILES string of the molecule is CN(C)CC(=O)N(C)c1ccc(NC(=C2C(=O)Nc3cc(F)ccc32)c2ccc3c(c2)OC=CO3)cc1. The van der Waals surface area contributed by atoms with Gasteiger partial charge in [-0.05, 0) is 74.8 Å². The van der Waals surface area contributed by atoms with Gasteiger partial charge >= 0.3 is 0 Å². The largest absolute Gasteiger partial charge is 0.458 e. The lowest BCUT2D eigenvalue weighted by molar-refractivity contribution is -0.119. The predicted molar refractivity (Wildman–Crippen MR) is 141 cm³/mol. The van der Waals surface area contributed by atoms with Crippen LogP contribution < -0.4 is 25.0 Å². The lowest BCUT2D eigenvalue weighted by atomic mass is 9.99. The van der Waals surface area contributed by atoms with Crippen LogP contribution in [0.15, 0.2) is 73.2 Å². The van der Waals surface area contributed by atoms with E-state index >= 15 is 0 Å². The topological polar surface area (TPSA) is 83.1 Å². The molecule has 3 aromatic carbocycles. The van der Waals surface area contributed by atoms with Crippen LogP contribution in [0.1, 0.15) is 11.1 Å². The summed E-state index contributed by atoms with van der Waals surface area (Å²) in [6.45, 7) is 0.293. The molecule has 0 fully saturated rings. The smallest absolute Gasteiger partial charge is 0.258 e. The monoisotopic (exact) mass is 500 g/mol. The minimum absolute atomic E-state index is 0.0367. The van der Waals surface area contributed by atoms with E-state index in [1.54, 1.807) is 30.1 Å². The molecule has 0 radical (unpaired) electrons. The average Bonchev–Trinajstić information content (AvgIpc) is 3.21. The van der Waals surface area contributed by atoms with Gasteiger partial charge in [-0.3, -0.25) is 9.59 Å². The fourth-order valence-electron chi connectivity index (χ4n) is 4.16. The highest BCUT2D eigenvalue weighted by atomic mass is 19.1. The Balaban J connectivity index is 1.54. The van der Waals surface area contributed by atoms with Gasteiger partial charge in [0, 0.05) is 29.5 Å². The Kier molecular flexibility index (Phi) is 6.37. The molecule has 0 saturated carbocycles. The number of likely N-dealkylation sites (N-methyl/N-ethyl adjacent to an activating group) is 2. The number of carbonyl (C=O) groups is 2. The highest BCUT2D eigenvalue weighted by Crippen LogP contribution is 2.40. The van der Waals surface area contributed by atoms with Crippen LogP contribution in [0.5, 0.6) is 11.5 Å². The highest BCUT2D eigenvalue weighted by molar-refractivity contribution is 6.37. The maximum absolute atomic E-state index is 13.9. The first kappa shape index (κ1) is 24.1. The van der Waals surface area contributed by atoms with Crippen LogP contribution in [0, 0.1) is 5.82 Å². The van der Waals surface area contributed by atoms with Gasteiger partial charge in [0.2, 0.25) is 5.91 Å². The number of rotatable bonds is 6. The van der Waals surface area contributed by atoms with E-state index in [4.69, 9.17) is 9.47 Å². The number of hydrogen-bond acceptors (Lipinski definition) is 6. The maximum Gasteiger partial charge on any atom is 0.258 e. The van der Waals surface area contributed by atoms with E-state index in [2.05, 4.69) is 10.6 Å². The second-order valence-corrected chi connectivity index (χ2v) is 8.93. The fourth-order valence-corrected chi connectivity index (χ4v) is 4.16. The first-order chi connectivity index (χ1) is 17.8. The standard InChI is InChI=1S/C28H25FN4O4/c1-32(2)16-25(34)33(3)20-8-6-19(7-9-20)30-27(17-4-11-23-24(14-17)37-13-12-36-23)26-21-10-5-18(29)15-22(21)31-28(26)35/h4-15,30H,16H2,1-3H3,(H,31,35). The van der Waals surface area contributed by atoms with Crippen LogP contribution in [0.25, 0.3) is 11.3 Å².